The van der Waals surface area contributed by atoms with E-state index in [0.29, 0.717) is 6.04 Å². The van der Waals surface area contributed by atoms with Crippen molar-refractivity contribution in [2.75, 3.05) is 11.9 Å². The van der Waals surface area contributed by atoms with Gasteiger partial charge in [0.25, 0.3) is 0 Å². The second-order valence-electron chi connectivity index (χ2n) is 5.05. The van der Waals surface area contributed by atoms with Crippen LogP contribution in [0.2, 0.25) is 0 Å². The van der Waals surface area contributed by atoms with Crippen LogP contribution in [0.1, 0.15) is 25.7 Å². The lowest BCUT2D eigenvalue weighted by molar-refractivity contribution is -0.154. The molecular weight excluding hydrogens is 271 g/mol. The molecule has 4 nitrogen and oxygen atoms in total. The van der Waals surface area contributed by atoms with E-state index in [1.807, 2.05) is 0 Å². The zero-order valence-corrected chi connectivity index (χ0v) is 11.0. The van der Waals surface area contributed by atoms with Crippen molar-refractivity contribution in [1.82, 2.24) is 4.98 Å². The summed E-state index contributed by atoms with van der Waals surface area (Å²) < 4.78 is 40.5. The van der Waals surface area contributed by atoms with Gasteiger partial charge in [-0.25, -0.2) is 4.98 Å². The third kappa shape index (κ3) is 4.88. The zero-order valence-electron chi connectivity index (χ0n) is 11.0. The number of hydrogen-bond acceptors (Lipinski definition) is 4. The second-order valence-corrected chi connectivity index (χ2v) is 5.05. The number of hydrogen-bond donors (Lipinski definition) is 2. The minimum absolute atomic E-state index is 0.0291. The molecule has 0 unspecified atom stereocenters. The lowest BCUT2D eigenvalue weighted by Crippen LogP contribution is -2.32. The van der Waals surface area contributed by atoms with E-state index >= 15 is 0 Å². The first-order chi connectivity index (χ1) is 9.42. The van der Waals surface area contributed by atoms with Gasteiger partial charge in [-0.15, -0.1) is 0 Å². The van der Waals surface area contributed by atoms with Crippen molar-refractivity contribution in [3.8, 4) is 5.88 Å². The minimum Gasteiger partial charge on any atom is -0.468 e. The molecule has 3 N–H and O–H groups in total. The molecule has 0 aliphatic heterocycles. The molecule has 0 radical (unpaired) electrons. The lowest BCUT2D eigenvalue weighted by atomic mass is 9.92. The predicted molar refractivity (Wildman–Crippen MR) is 69.6 cm³/mol. The highest BCUT2D eigenvalue weighted by molar-refractivity contribution is 5.43. The van der Waals surface area contributed by atoms with Crippen molar-refractivity contribution in [2.24, 2.45) is 5.73 Å². The maximum atomic E-state index is 12.0. The van der Waals surface area contributed by atoms with Gasteiger partial charge in [-0.05, 0) is 31.7 Å². The minimum atomic E-state index is -4.35. The molecule has 112 valence electrons. The van der Waals surface area contributed by atoms with Crippen LogP contribution in [0.4, 0.5) is 18.9 Å². The van der Waals surface area contributed by atoms with Crippen LogP contribution in [0, 0.1) is 0 Å². The summed E-state index contributed by atoms with van der Waals surface area (Å²) >= 11 is 0. The van der Waals surface area contributed by atoms with Crippen molar-refractivity contribution in [1.29, 1.82) is 0 Å². The van der Waals surface area contributed by atoms with Gasteiger partial charge >= 0.3 is 6.18 Å². The number of anilines is 1. The summed E-state index contributed by atoms with van der Waals surface area (Å²) in [6.45, 7) is -1.33. The molecule has 0 spiro atoms. The van der Waals surface area contributed by atoms with E-state index in [4.69, 9.17) is 5.73 Å². The molecule has 0 saturated heterocycles. The SMILES string of the molecule is NC1CCC(Nc2ccc(OCC(F)(F)F)nc2)CC1. The number of ether oxygens (including phenoxy) is 1. The highest BCUT2D eigenvalue weighted by atomic mass is 19.4. The Hall–Kier alpha value is -1.50. The summed E-state index contributed by atoms with van der Waals surface area (Å²) in [4.78, 5) is 3.85. The number of rotatable bonds is 4. The Bertz CT molecular complexity index is 414. The molecule has 0 aromatic carbocycles. The van der Waals surface area contributed by atoms with Crippen LogP contribution in [-0.4, -0.2) is 29.9 Å². The number of pyridine rings is 1. The van der Waals surface area contributed by atoms with Crippen LogP contribution >= 0.6 is 0 Å². The van der Waals surface area contributed by atoms with E-state index in [1.54, 1.807) is 6.07 Å². The molecule has 2 rings (SSSR count). The van der Waals surface area contributed by atoms with Gasteiger partial charge in [0, 0.05) is 18.2 Å². The molecule has 1 aromatic rings. The first kappa shape index (κ1) is 14.9. The number of nitrogens with one attached hydrogen (secondary N) is 1. The van der Waals surface area contributed by atoms with Gasteiger partial charge in [0.2, 0.25) is 5.88 Å². The average molecular weight is 289 g/mol. The highest BCUT2D eigenvalue weighted by Crippen LogP contribution is 2.22. The number of aromatic nitrogens is 1. The van der Waals surface area contributed by atoms with Gasteiger partial charge in [-0.2, -0.15) is 13.2 Å². The van der Waals surface area contributed by atoms with E-state index in [1.165, 1.54) is 12.3 Å². The van der Waals surface area contributed by atoms with Crippen molar-refractivity contribution in [3.05, 3.63) is 18.3 Å². The maximum Gasteiger partial charge on any atom is 0.422 e. The quantitative estimate of drug-likeness (QED) is 0.894. The van der Waals surface area contributed by atoms with E-state index < -0.39 is 12.8 Å². The van der Waals surface area contributed by atoms with Gasteiger partial charge in [0.05, 0.1) is 11.9 Å². The number of nitrogens with two attached hydrogens (primary N) is 1. The van der Waals surface area contributed by atoms with Crippen LogP contribution in [0.25, 0.3) is 0 Å². The summed E-state index contributed by atoms with van der Waals surface area (Å²) in [6.07, 6.45) is 1.09. The Balaban J connectivity index is 1.82. The molecule has 1 aromatic heterocycles. The molecule has 0 amide bonds. The summed E-state index contributed by atoms with van der Waals surface area (Å²) in [6, 6.07) is 3.73. The molecule has 20 heavy (non-hydrogen) atoms. The van der Waals surface area contributed by atoms with Crippen molar-refractivity contribution in [3.63, 3.8) is 0 Å². The van der Waals surface area contributed by atoms with Crippen molar-refractivity contribution >= 4 is 5.69 Å². The molecule has 1 heterocycles. The summed E-state index contributed by atoms with van der Waals surface area (Å²) in [5.41, 5.74) is 6.61. The first-order valence-corrected chi connectivity index (χ1v) is 6.60. The van der Waals surface area contributed by atoms with E-state index in [0.717, 1.165) is 31.4 Å². The first-order valence-electron chi connectivity index (χ1n) is 6.60. The number of halogens is 3. The summed E-state index contributed by atoms with van der Waals surface area (Å²) in [5, 5.41) is 3.31. The Morgan fingerprint density at radius 3 is 2.50 bits per heavy atom. The zero-order chi connectivity index (χ0) is 14.6. The van der Waals surface area contributed by atoms with Crippen molar-refractivity contribution in [2.45, 2.75) is 43.9 Å². The van der Waals surface area contributed by atoms with Gasteiger partial charge in [-0.1, -0.05) is 0 Å². The monoisotopic (exact) mass is 289 g/mol. The Labute approximate surface area is 115 Å². The predicted octanol–water partition coefficient (Wildman–Crippen LogP) is 2.70. The van der Waals surface area contributed by atoms with E-state index in [2.05, 4.69) is 15.0 Å². The topological polar surface area (TPSA) is 60.2 Å². The third-order valence-electron chi connectivity index (χ3n) is 3.26. The molecule has 0 bridgehead atoms. The fourth-order valence-corrected chi connectivity index (χ4v) is 2.21. The van der Waals surface area contributed by atoms with Crippen LogP contribution in [0.15, 0.2) is 18.3 Å². The third-order valence-corrected chi connectivity index (χ3v) is 3.26. The average Bonchev–Trinajstić information content (AvgIpc) is 2.40. The van der Waals surface area contributed by atoms with E-state index in [-0.39, 0.29) is 11.9 Å². The van der Waals surface area contributed by atoms with Gasteiger partial charge in [-0.3, -0.25) is 0 Å². The van der Waals surface area contributed by atoms with Gasteiger partial charge in [0.15, 0.2) is 6.61 Å². The summed E-state index contributed by atoms with van der Waals surface area (Å²) in [7, 11) is 0. The second kappa shape index (κ2) is 6.30. The molecule has 1 aliphatic carbocycles. The molecule has 0 atom stereocenters. The highest BCUT2D eigenvalue weighted by Gasteiger charge is 2.28. The van der Waals surface area contributed by atoms with Crippen LogP contribution in [-0.2, 0) is 0 Å². The Morgan fingerprint density at radius 1 is 1.25 bits per heavy atom. The lowest BCUT2D eigenvalue weighted by Gasteiger charge is -2.27. The maximum absolute atomic E-state index is 12.0. The standard InChI is InChI=1S/C13H18F3N3O/c14-13(15,16)8-20-12-6-5-11(7-18-12)19-10-3-1-9(17)2-4-10/h5-7,9-10,19H,1-4,8,17H2. The van der Waals surface area contributed by atoms with E-state index in [9.17, 15) is 13.2 Å². The summed E-state index contributed by atoms with van der Waals surface area (Å²) in [5.74, 6) is -0.0291. The molecule has 1 fully saturated rings. The fourth-order valence-electron chi connectivity index (χ4n) is 2.21. The Kier molecular flexibility index (Phi) is 4.69. The van der Waals surface area contributed by atoms with Crippen LogP contribution in [0.5, 0.6) is 5.88 Å². The molecule has 1 saturated carbocycles. The Morgan fingerprint density at radius 2 is 1.95 bits per heavy atom. The fraction of sp³-hybridized carbons (Fsp3) is 0.615. The largest absolute Gasteiger partial charge is 0.468 e. The molecule has 1 aliphatic rings. The smallest absolute Gasteiger partial charge is 0.422 e. The number of alkyl halides is 3. The van der Waals surface area contributed by atoms with Gasteiger partial charge < -0.3 is 15.8 Å². The molecule has 7 heteroatoms. The number of nitrogens with zero attached hydrogens (tertiary/aromatic N) is 1. The van der Waals surface area contributed by atoms with Crippen LogP contribution < -0.4 is 15.8 Å². The van der Waals surface area contributed by atoms with Crippen LogP contribution in [0.3, 0.4) is 0 Å². The van der Waals surface area contributed by atoms with Gasteiger partial charge in [0.1, 0.15) is 0 Å². The normalized spacial score (nSPS) is 23.4. The van der Waals surface area contributed by atoms with Crippen molar-refractivity contribution < 1.29 is 17.9 Å². The molecular formula is C13H18F3N3O.